The summed E-state index contributed by atoms with van der Waals surface area (Å²) in [6, 6.07) is 14.3. The SMILES string of the molecule is O=C(C=Cc1ccc2c(c1)OCO2)N1C(=O)OCC1c1ccccc1. The zero-order chi connectivity index (χ0) is 17.2. The van der Waals surface area contributed by atoms with Crippen LogP contribution < -0.4 is 9.47 Å². The van der Waals surface area contributed by atoms with Crippen LogP contribution in [0.25, 0.3) is 6.08 Å². The van der Waals surface area contributed by atoms with Gasteiger partial charge in [-0.15, -0.1) is 0 Å². The number of rotatable bonds is 3. The molecular weight excluding hydrogens is 322 g/mol. The van der Waals surface area contributed by atoms with Gasteiger partial charge in [0.2, 0.25) is 6.79 Å². The molecule has 0 bridgehead atoms. The van der Waals surface area contributed by atoms with E-state index >= 15 is 0 Å². The highest BCUT2D eigenvalue weighted by Gasteiger charge is 2.37. The van der Waals surface area contributed by atoms with Crippen LogP contribution in [-0.4, -0.2) is 30.3 Å². The summed E-state index contributed by atoms with van der Waals surface area (Å²) in [4.78, 5) is 25.6. The molecule has 2 aromatic rings. The standard InChI is InChI=1S/C19H15NO5/c21-18(9-7-13-6-8-16-17(10-13)25-12-24-16)20-15(11-23-19(20)22)14-4-2-1-3-5-14/h1-10,15H,11-12H2. The molecule has 0 saturated carbocycles. The number of nitrogens with zero attached hydrogens (tertiary/aromatic N) is 1. The number of imide groups is 1. The van der Waals surface area contributed by atoms with Crippen molar-refractivity contribution in [3.05, 3.63) is 65.7 Å². The molecule has 126 valence electrons. The van der Waals surface area contributed by atoms with Crippen molar-refractivity contribution in [2.75, 3.05) is 13.4 Å². The average molecular weight is 337 g/mol. The van der Waals surface area contributed by atoms with Crippen LogP contribution >= 0.6 is 0 Å². The van der Waals surface area contributed by atoms with Crippen LogP contribution in [0.3, 0.4) is 0 Å². The Labute approximate surface area is 144 Å². The van der Waals surface area contributed by atoms with Gasteiger partial charge in [-0.05, 0) is 29.3 Å². The Morgan fingerprint density at radius 3 is 2.68 bits per heavy atom. The first-order chi connectivity index (χ1) is 12.2. The summed E-state index contributed by atoms with van der Waals surface area (Å²) < 4.78 is 15.6. The van der Waals surface area contributed by atoms with E-state index in [9.17, 15) is 9.59 Å². The molecule has 1 unspecified atom stereocenters. The van der Waals surface area contributed by atoms with Crippen molar-refractivity contribution in [3.8, 4) is 11.5 Å². The van der Waals surface area contributed by atoms with Crippen LogP contribution in [0.15, 0.2) is 54.6 Å². The van der Waals surface area contributed by atoms with E-state index in [1.165, 1.54) is 6.08 Å². The fraction of sp³-hybridized carbons (Fsp3) is 0.158. The first-order valence-electron chi connectivity index (χ1n) is 7.85. The van der Waals surface area contributed by atoms with Gasteiger partial charge in [0.15, 0.2) is 11.5 Å². The van der Waals surface area contributed by atoms with Gasteiger partial charge in [-0.3, -0.25) is 4.79 Å². The first-order valence-corrected chi connectivity index (χ1v) is 7.85. The summed E-state index contributed by atoms with van der Waals surface area (Å²) in [6.07, 6.45) is 2.37. The molecule has 1 fully saturated rings. The third-order valence-corrected chi connectivity index (χ3v) is 4.11. The number of ether oxygens (including phenoxy) is 3. The van der Waals surface area contributed by atoms with Crippen molar-refractivity contribution in [3.63, 3.8) is 0 Å². The quantitative estimate of drug-likeness (QED) is 0.805. The Hall–Kier alpha value is -3.28. The minimum atomic E-state index is -0.630. The van der Waals surface area contributed by atoms with E-state index in [0.29, 0.717) is 11.5 Å². The number of carbonyl (C=O) groups is 2. The van der Waals surface area contributed by atoms with Gasteiger partial charge in [0.05, 0.1) is 0 Å². The van der Waals surface area contributed by atoms with Crippen LogP contribution in [0.1, 0.15) is 17.2 Å². The van der Waals surface area contributed by atoms with E-state index in [1.807, 2.05) is 36.4 Å². The lowest BCUT2D eigenvalue weighted by atomic mass is 10.1. The third-order valence-electron chi connectivity index (χ3n) is 4.11. The fourth-order valence-electron chi connectivity index (χ4n) is 2.85. The number of fused-ring (bicyclic) bond motifs is 1. The highest BCUT2D eigenvalue weighted by atomic mass is 16.7. The van der Waals surface area contributed by atoms with E-state index in [-0.39, 0.29) is 13.4 Å². The molecule has 1 saturated heterocycles. The highest BCUT2D eigenvalue weighted by Crippen LogP contribution is 2.33. The summed E-state index contributed by atoms with van der Waals surface area (Å²) >= 11 is 0. The maximum absolute atomic E-state index is 12.5. The summed E-state index contributed by atoms with van der Waals surface area (Å²) in [5.74, 6) is 0.891. The maximum Gasteiger partial charge on any atom is 0.417 e. The molecule has 2 aliphatic rings. The Morgan fingerprint density at radius 2 is 1.84 bits per heavy atom. The topological polar surface area (TPSA) is 65.1 Å². The molecule has 2 aromatic carbocycles. The lowest BCUT2D eigenvalue weighted by Gasteiger charge is -2.18. The molecule has 0 spiro atoms. The summed E-state index contributed by atoms with van der Waals surface area (Å²) in [5, 5.41) is 0. The minimum absolute atomic E-state index is 0.159. The average Bonchev–Trinajstić information content (AvgIpc) is 3.26. The Morgan fingerprint density at radius 1 is 1.04 bits per heavy atom. The summed E-state index contributed by atoms with van der Waals surface area (Å²) in [7, 11) is 0. The number of hydrogen-bond donors (Lipinski definition) is 0. The lowest BCUT2D eigenvalue weighted by Crippen LogP contribution is -2.32. The molecule has 0 aromatic heterocycles. The number of benzene rings is 2. The predicted molar refractivity (Wildman–Crippen MR) is 89.0 cm³/mol. The maximum atomic E-state index is 12.5. The molecule has 2 amide bonds. The second-order valence-electron chi connectivity index (χ2n) is 5.66. The number of amides is 2. The molecule has 0 aliphatic carbocycles. The molecule has 2 heterocycles. The van der Waals surface area contributed by atoms with Gasteiger partial charge < -0.3 is 14.2 Å². The van der Waals surface area contributed by atoms with Gasteiger partial charge in [0.1, 0.15) is 12.6 Å². The second kappa shape index (κ2) is 6.32. The fourth-order valence-corrected chi connectivity index (χ4v) is 2.85. The largest absolute Gasteiger partial charge is 0.454 e. The molecule has 6 heteroatoms. The van der Waals surface area contributed by atoms with Gasteiger partial charge in [-0.1, -0.05) is 36.4 Å². The van der Waals surface area contributed by atoms with E-state index in [1.54, 1.807) is 18.2 Å². The molecule has 2 aliphatic heterocycles. The third kappa shape index (κ3) is 2.94. The summed E-state index contributed by atoms with van der Waals surface area (Å²) in [5.41, 5.74) is 1.64. The van der Waals surface area contributed by atoms with Crippen molar-refractivity contribution in [2.45, 2.75) is 6.04 Å². The van der Waals surface area contributed by atoms with Gasteiger partial charge in [0.25, 0.3) is 5.91 Å². The van der Waals surface area contributed by atoms with Gasteiger partial charge in [0, 0.05) is 6.08 Å². The predicted octanol–water partition coefficient (Wildman–Crippen LogP) is 3.15. The zero-order valence-electron chi connectivity index (χ0n) is 13.3. The Kier molecular flexibility index (Phi) is 3.85. The molecule has 0 radical (unpaired) electrons. The van der Waals surface area contributed by atoms with Crippen molar-refractivity contribution >= 4 is 18.1 Å². The molecule has 25 heavy (non-hydrogen) atoms. The van der Waals surface area contributed by atoms with Crippen molar-refractivity contribution in [2.24, 2.45) is 0 Å². The summed E-state index contributed by atoms with van der Waals surface area (Å²) in [6.45, 7) is 0.353. The van der Waals surface area contributed by atoms with E-state index in [4.69, 9.17) is 14.2 Å². The second-order valence-corrected chi connectivity index (χ2v) is 5.66. The molecule has 0 N–H and O–H groups in total. The Balaban J connectivity index is 1.54. The van der Waals surface area contributed by atoms with E-state index in [0.717, 1.165) is 16.0 Å². The lowest BCUT2D eigenvalue weighted by molar-refractivity contribution is -0.124. The van der Waals surface area contributed by atoms with Crippen molar-refractivity contribution in [1.29, 1.82) is 0 Å². The number of cyclic esters (lactones) is 1. The van der Waals surface area contributed by atoms with Crippen molar-refractivity contribution in [1.82, 2.24) is 4.90 Å². The zero-order valence-corrected chi connectivity index (χ0v) is 13.3. The number of carbonyl (C=O) groups excluding carboxylic acids is 2. The molecule has 1 atom stereocenters. The van der Waals surface area contributed by atoms with E-state index < -0.39 is 18.0 Å². The molecule has 6 nitrogen and oxygen atoms in total. The monoisotopic (exact) mass is 337 g/mol. The molecule has 4 rings (SSSR count). The minimum Gasteiger partial charge on any atom is -0.454 e. The van der Waals surface area contributed by atoms with Crippen LogP contribution in [0.4, 0.5) is 4.79 Å². The number of hydrogen-bond acceptors (Lipinski definition) is 5. The van der Waals surface area contributed by atoms with Gasteiger partial charge in [-0.2, -0.15) is 0 Å². The van der Waals surface area contributed by atoms with Gasteiger partial charge >= 0.3 is 6.09 Å². The van der Waals surface area contributed by atoms with Crippen LogP contribution in [0.5, 0.6) is 11.5 Å². The van der Waals surface area contributed by atoms with Gasteiger partial charge in [-0.25, -0.2) is 9.69 Å². The van der Waals surface area contributed by atoms with Crippen LogP contribution in [0, 0.1) is 0 Å². The smallest absolute Gasteiger partial charge is 0.417 e. The molecular formula is C19H15NO5. The normalized spacial score (nSPS) is 18.6. The van der Waals surface area contributed by atoms with Crippen LogP contribution in [-0.2, 0) is 9.53 Å². The highest BCUT2D eigenvalue weighted by molar-refractivity contribution is 6.02. The Bertz CT molecular complexity index is 846. The van der Waals surface area contributed by atoms with E-state index in [2.05, 4.69) is 0 Å². The van der Waals surface area contributed by atoms with Crippen molar-refractivity contribution < 1.29 is 23.8 Å². The first kappa shape index (κ1) is 15.3. The van der Waals surface area contributed by atoms with Crippen LogP contribution in [0.2, 0.25) is 0 Å².